The van der Waals surface area contributed by atoms with Gasteiger partial charge >= 0.3 is 0 Å². The van der Waals surface area contributed by atoms with E-state index < -0.39 is 0 Å². The molecule has 0 bridgehead atoms. The van der Waals surface area contributed by atoms with Crippen LogP contribution in [-0.2, 0) is 0 Å². The van der Waals surface area contributed by atoms with Gasteiger partial charge in [-0.25, -0.2) is 0 Å². The molecule has 0 saturated carbocycles. The van der Waals surface area contributed by atoms with Crippen molar-refractivity contribution >= 4 is 10.8 Å². The lowest BCUT2D eigenvalue weighted by molar-refractivity contribution is 1.37. The third-order valence-corrected chi connectivity index (χ3v) is 3.96. The number of hydrogen-bond donors (Lipinski definition) is 1. The number of rotatable bonds is 1. The summed E-state index contributed by atoms with van der Waals surface area (Å²) in [7, 11) is 0. The van der Waals surface area contributed by atoms with Crippen molar-refractivity contribution in [1.29, 1.82) is 0 Å². The van der Waals surface area contributed by atoms with Gasteiger partial charge in [-0.05, 0) is 59.9 Å². The standard InChI is InChI=1S/C19H18.H3N/c1-13-7-6-9-16(11-13)19-12-17-8-4-5-10-18(17)14(2)15(19)3;/h4-12H,1-3H3;1H3. The zero-order chi connectivity index (χ0) is 13.4. The summed E-state index contributed by atoms with van der Waals surface area (Å²) in [5, 5.41) is 2.68. The van der Waals surface area contributed by atoms with E-state index in [1.54, 1.807) is 0 Å². The SMILES string of the molecule is Cc1cccc(-c2cc3ccccc3c(C)c2C)c1.N. The molecular weight excluding hydrogens is 242 g/mol. The first-order valence-corrected chi connectivity index (χ1v) is 6.73. The number of fused-ring (bicyclic) bond motifs is 1. The fraction of sp³-hybridized carbons (Fsp3) is 0.158. The number of benzene rings is 3. The maximum atomic E-state index is 2.31. The molecule has 0 unspecified atom stereocenters. The van der Waals surface area contributed by atoms with Gasteiger partial charge in [-0.3, -0.25) is 0 Å². The topological polar surface area (TPSA) is 35.0 Å². The largest absolute Gasteiger partial charge is 0.344 e. The fourth-order valence-electron chi connectivity index (χ4n) is 2.74. The Balaban J connectivity index is 0.00000147. The smallest absolute Gasteiger partial charge is 0.0146 e. The molecule has 0 heterocycles. The molecule has 3 aromatic rings. The van der Waals surface area contributed by atoms with E-state index >= 15 is 0 Å². The zero-order valence-electron chi connectivity index (χ0n) is 12.4. The van der Waals surface area contributed by atoms with Gasteiger partial charge in [0.15, 0.2) is 0 Å². The minimum atomic E-state index is 0. The van der Waals surface area contributed by atoms with Gasteiger partial charge in [0.2, 0.25) is 0 Å². The van der Waals surface area contributed by atoms with Gasteiger partial charge in [-0.15, -0.1) is 0 Å². The van der Waals surface area contributed by atoms with Crippen LogP contribution in [-0.4, -0.2) is 0 Å². The second kappa shape index (κ2) is 5.48. The van der Waals surface area contributed by atoms with E-state index in [0.29, 0.717) is 0 Å². The van der Waals surface area contributed by atoms with E-state index in [2.05, 4.69) is 75.4 Å². The third-order valence-electron chi connectivity index (χ3n) is 3.96. The minimum absolute atomic E-state index is 0. The van der Waals surface area contributed by atoms with E-state index in [1.807, 2.05) is 0 Å². The molecule has 0 fully saturated rings. The van der Waals surface area contributed by atoms with Crippen molar-refractivity contribution in [2.75, 3.05) is 0 Å². The zero-order valence-corrected chi connectivity index (χ0v) is 12.4. The van der Waals surface area contributed by atoms with E-state index in [1.165, 1.54) is 38.6 Å². The molecule has 1 heteroatoms. The van der Waals surface area contributed by atoms with Crippen LogP contribution in [0.4, 0.5) is 0 Å². The molecule has 0 aliphatic rings. The fourth-order valence-corrected chi connectivity index (χ4v) is 2.74. The predicted molar refractivity (Wildman–Crippen MR) is 88.6 cm³/mol. The minimum Gasteiger partial charge on any atom is -0.344 e. The van der Waals surface area contributed by atoms with Crippen molar-refractivity contribution in [1.82, 2.24) is 6.15 Å². The average Bonchev–Trinajstić information content (AvgIpc) is 2.43. The molecule has 0 aliphatic heterocycles. The second-order valence-corrected chi connectivity index (χ2v) is 5.26. The maximum Gasteiger partial charge on any atom is -0.0146 e. The molecule has 0 amide bonds. The first-order valence-electron chi connectivity index (χ1n) is 6.73. The van der Waals surface area contributed by atoms with Crippen molar-refractivity contribution in [2.24, 2.45) is 0 Å². The van der Waals surface area contributed by atoms with Crippen LogP contribution in [0, 0.1) is 20.8 Å². The monoisotopic (exact) mass is 263 g/mol. The Morgan fingerprint density at radius 1 is 0.700 bits per heavy atom. The summed E-state index contributed by atoms with van der Waals surface area (Å²) >= 11 is 0. The molecule has 0 saturated heterocycles. The van der Waals surface area contributed by atoms with Crippen molar-refractivity contribution in [2.45, 2.75) is 20.8 Å². The summed E-state index contributed by atoms with van der Waals surface area (Å²) in [6.07, 6.45) is 0. The second-order valence-electron chi connectivity index (χ2n) is 5.26. The van der Waals surface area contributed by atoms with Gasteiger partial charge < -0.3 is 6.15 Å². The van der Waals surface area contributed by atoms with E-state index in [9.17, 15) is 0 Å². The third kappa shape index (κ3) is 2.33. The molecule has 102 valence electrons. The highest BCUT2D eigenvalue weighted by atomic mass is 14.1. The number of hydrogen-bond acceptors (Lipinski definition) is 1. The van der Waals surface area contributed by atoms with Crippen molar-refractivity contribution in [3.63, 3.8) is 0 Å². The molecule has 0 aliphatic carbocycles. The van der Waals surface area contributed by atoms with E-state index in [-0.39, 0.29) is 6.15 Å². The summed E-state index contributed by atoms with van der Waals surface area (Å²) in [6.45, 7) is 6.59. The molecular formula is C19H21N. The normalized spacial score (nSPS) is 10.3. The highest BCUT2D eigenvalue weighted by Gasteiger charge is 2.08. The highest BCUT2D eigenvalue weighted by molar-refractivity contribution is 5.92. The quantitative estimate of drug-likeness (QED) is 0.610. The lowest BCUT2D eigenvalue weighted by Gasteiger charge is -2.13. The Morgan fingerprint density at radius 3 is 2.20 bits per heavy atom. The average molecular weight is 263 g/mol. The lowest BCUT2D eigenvalue weighted by Crippen LogP contribution is -1.90. The molecule has 1 nitrogen and oxygen atoms in total. The molecule has 0 radical (unpaired) electrons. The Bertz CT molecular complexity index is 757. The van der Waals surface area contributed by atoms with Crippen molar-refractivity contribution in [3.8, 4) is 11.1 Å². The molecule has 3 rings (SSSR count). The summed E-state index contributed by atoms with van der Waals surface area (Å²) in [4.78, 5) is 0. The van der Waals surface area contributed by atoms with E-state index in [0.717, 1.165) is 0 Å². The molecule has 0 atom stereocenters. The Labute approximate surface area is 120 Å². The van der Waals surface area contributed by atoms with Crippen LogP contribution in [0.25, 0.3) is 21.9 Å². The van der Waals surface area contributed by atoms with Crippen molar-refractivity contribution < 1.29 is 0 Å². The van der Waals surface area contributed by atoms with Gasteiger partial charge in [-0.2, -0.15) is 0 Å². The summed E-state index contributed by atoms with van der Waals surface area (Å²) < 4.78 is 0. The maximum absolute atomic E-state index is 2.31. The molecule has 3 aromatic carbocycles. The summed E-state index contributed by atoms with van der Waals surface area (Å²) in [6, 6.07) is 19.7. The lowest BCUT2D eigenvalue weighted by atomic mass is 9.91. The van der Waals surface area contributed by atoms with Crippen LogP contribution >= 0.6 is 0 Å². The molecule has 3 N–H and O–H groups in total. The predicted octanol–water partition coefficient (Wildman–Crippen LogP) is 5.59. The van der Waals surface area contributed by atoms with Crippen LogP contribution < -0.4 is 6.15 Å². The van der Waals surface area contributed by atoms with Crippen LogP contribution in [0.3, 0.4) is 0 Å². The van der Waals surface area contributed by atoms with Gasteiger partial charge in [0.25, 0.3) is 0 Å². The van der Waals surface area contributed by atoms with Crippen LogP contribution in [0.15, 0.2) is 54.6 Å². The van der Waals surface area contributed by atoms with Gasteiger partial charge in [0, 0.05) is 0 Å². The van der Waals surface area contributed by atoms with E-state index in [4.69, 9.17) is 0 Å². The van der Waals surface area contributed by atoms with Gasteiger partial charge in [0.1, 0.15) is 0 Å². The Morgan fingerprint density at radius 2 is 1.45 bits per heavy atom. The molecule has 20 heavy (non-hydrogen) atoms. The summed E-state index contributed by atoms with van der Waals surface area (Å²) in [5.41, 5.74) is 6.73. The molecule has 0 aromatic heterocycles. The van der Waals surface area contributed by atoms with Gasteiger partial charge in [0.05, 0.1) is 0 Å². The summed E-state index contributed by atoms with van der Waals surface area (Å²) in [5.74, 6) is 0. The Hall–Kier alpha value is -2.12. The Kier molecular flexibility index (Phi) is 3.91. The first kappa shape index (κ1) is 14.3. The van der Waals surface area contributed by atoms with Crippen LogP contribution in [0.5, 0.6) is 0 Å². The van der Waals surface area contributed by atoms with Crippen LogP contribution in [0.2, 0.25) is 0 Å². The highest BCUT2D eigenvalue weighted by Crippen LogP contribution is 2.32. The van der Waals surface area contributed by atoms with Gasteiger partial charge in [-0.1, -0.05) is 54.1 Å². The molecule has 0 spiro atoms. The first-order chi connectivity index (χ1) is 9.16. The number of aryl methyl sites for hydroxylation is 2. The van der Waals surface area contributed by atoms with Crippen molar-refractivity contribution in [3.05, 3.63) is 71.3 Å². The van der Waals surface area contributed by atoms with Crippen LogP contribution in [0.1, 0.15) is 16.7 Å².